The lowest BCUT2D eigenvalue weighted by Gasteiger charge is -2.31. The van der Waals surface area contributed by atoms with Gasteiger partial charge >= 0.3 is 0 Å². The Kier molecular flexibility index (Phi) is 6.08. The monoisotopic (exact) mass is 368 g/mol. The van der Waals surface area contributed by atoms with Crippen molar-refractivity contribution in [1.29, 1.82) is 0 Å². The van der Waals surface area contributed by atoms with Crippen molar-refractivity contribution in [2.75, 3.05) is 13.1 Å². The summed E-state index contributed by atoms with van der Waals surface area (Å²) in [5, 5.41) is 3.57. The zero-order valence-electron chi connectivity index (χ0n) is 14.4. The summed E-state index contributed by atoms with van der Waals surface area (Å²) in [6.07, 6.45) is 4.93. The molecular weight excluding hydrogens is 348 g/mol. The minimum absolute atomic E-state index is 0.00784. The van der Waals surface area contributed by atoms with Crippen molar-refractivity contribution in [3.8, 4) is 0 Å². The van der Waals surface area contributed by atoms with Crippen LogP contribution in [0, 0.1) is 0 Å². The van der Waals surface area contributed by atoms with E-state index in [2.05, 4.69) is 5.32 Å². The van der Waals surface area contributed by atoms with E-state index in [0.29, 0.717) is 23.7 Å². The molecule has 2 amide bonds. The summed E-state index contributed by atoms with van der Waals surface area (Å²) in [7, 11) is 0. The van der Waals surface area contributed by atoms with Crippen LogP contribution in [0.4, 0.5) is 0 Å². The van der Waals surface area contributed by atoms with E-state index in [0.717, 1.165) is 18.4 Å². The van der Waals surface area contributed by atoms with Crippen LogP contribution in [0.3, 0.4) is 0 Å². The normalized spacial score (nSPS) is 15.2. The highest BCUT2D eigenvalue weighted by Gasteiger charge is 2.23. The number of benzene rings is 2. The Balaban J connectivity index is 1.48. The van der Waals surface area contributed by atoms with Crippen LogP contribution < -0.4 is 5.32 Å². The highest BCUT2D eigenvalue weighted by atomic mass is 35.5. The number of rotatable bonds is 4. The molecule has 0 radical (unpaired) electrons. The van der Waals surface area contributed by atoms with E-state index < -0.39 is 0 Å². The van der Waals surface area contributed by atoms with Crippen molar-refractivity contribution in [2.24, 2.45) is 0 Å². The maximum atomic E-state index is 12.3. The molecule has 1 heterocycles. The Morgan fingerprint density at radius 1 is 1.04 bits per heavy atom. The minimum Gasteiger partial charge on any atom is -0.349 e. The number of halogens is 1. The molecule has 4 nitrogen and oxygen atoms in total. The van der Waals surface area contributed by atoms with Gasteiger partial charge in [0.15, 0.2) is 0 Å². The molecule has 1 saturated heterocycles. The number of nitrogens with one attached hydrogen (secondary N) is 1. The van der Waals surface area contributed by atoms with E-state index in [4.69, 9.17) is 11.6 Å². The summed E-state index contributed by atoms with van der Waals surface area (Å²) in [5.74, 6) is -0.116. The number of hydrogen-bond donors (Lipinski definition) is 1. The average molecular weight is 369 g/mol. The molecule has 5 heteroatoms. The molecule has 1 aliphatic rings. The first kappa shape index (κ1) is 18.2. The molecule has 1 aliphatic heterocycles. The standard InChI is InChI=1S/C21H21ClN2O2/c22-18-8-4-7-17(15-18)21(26)23-19-11-13-24(14-12-19)20(25)10-9-16-5-2-1-3-6-16/h1-10,15,19H,11-14H2,(H,23,26)/b10-9+. The Morgan fingerprint density at radius 3 is 2.46 bits per heavy atom. The second-order valence-corrected chi connectivity index (χ2v) is 6.76. The van der Waals surface area contributed by atoms with E-state index in [1.165, 1.54) is 0 Å². The predicted octanol–water partition coefficient (Wildman–Crippen LogP) is 3.77. The summed E-state index contributed by atoms with van der Waals surface area (Å²) >= 11 is 5.93. The van der Waals surface area contributed by atoms with Crippen molar-refractivity contribution in [2.45, 2.75) is 18.9 Å². The Labute approximate surface area is 158 Å². The molecule has 0 bridgehead atoms. The quantitative estimate of drug-likeness (QED) is 0.835. The summed E-state index contributed by atoms with van der Waals surface area (Å²) in [5.41, 5.74) is 1.56. The topological polar surface area (TPSA) is 49.4 Å². The molecule has 0 saturated carbocycles. The summed E-state index contributed by atoms with van der Waals surface area (Å²) < 4.78 is 0. The Bertz CT molecular complexity index is 797. The molecule has 0 aromatic heterocycles. The van der Waals surface area contributed by atoms with Crippen LogP contribution in [0.1, 0.15) is 28.8 Å². The largest absolute Gasteiger partial charge is 0.349 e. The Hall–Kier alpha value is -2.59. The smallest absolute Gasteiger partial charge is 0.251 e. The van der Waals surface area contributed by atoms with Gasteiger partial charge in [0, 0.05) is 35.8 Å². The summed E-state index contributed by atoms with van der Waals surface area (Å²) in [6.45, 7) is 1.27. The summed E-state index contributed by atoms with van der Waals surface area (Å²) in [4.78, 5) is 26.4. The average Bonchev–Trinajstić information content (AvgIpc) is 2.67. The Morgan fingerprint density at radius 2 is 1.77 bits per heavy atom. The fourth-order valence-electron chi connectivity index (χ4n) is 2.98. The summed E-state index contributed by atoms with van der Waals surface area (Å²) in [6, 6.07) is 16.7. The maximum Gasteiger partial charge on any atom is 0.251 e. The van der Waals surface area contributed by atoms with Crippen molar-refractivity contribution in [3.63, 3.8) is 0 Å². The van der Waals surface area contributed by atoms with Crippen molar-refractivity contribution < 1.29 is 9.59 Å². The van der Waals surface area contributed by atoms with Gasteiger partial charge < -0.3 is 10.2 Å². The molecule has 1 fully saturated rings. The van der Waals surface area contributed by atoms with Gasteiger partial charge in [0.1, 0.15) is 0 Å². The molecule has 2 aromatic rings. The van der Waals surface area contributed by atoms with Crippen LogP contribution in [0.15, 0.2) is 60.7 Å². The minimum atomic E-state index is -0.124. The van der Waals surface area contributed by atoms with E-state index >= 15 is 0 Å². The number of amides is 2. The van der Waals surface area contributed by atoms with Crippen molar-refractivity contribution in [3.05, 3.63) is 76.8 Å². The SMILES string of the molecule is O=C(NC1CCN(C(=O)/C=C/c2ccccc2)CC1)c1cccc(Cl)c1. The van der Waals surface area contributed by atoms with E-state index in [1.807, 2.05) is 41.3 Å². The number of nitrogens with zero attached hydrogens (tertiary/aromatic N) is 1. The van der Waals surface area contributed by atoms with Crippen LogP contribution in [0.25, 0.3) is 6.08 Å². The second kappa shape index (κ2) is 8.68. The molecule has 2 aromatic carbocycles. The third-order valence-electron chi connectivity index (χ3n) is 4.45. The molecule has 134 valence electrons. The number of carbonyl (C=O) groups excluding carboxylic acids is 2. The fraction of sp³-hybridized carbons (Fsp3) is 0.238. The highest BCUT2D eigenvalue weighted by Crippen LogP contribution is 2.14. The van der Waals surface area contributed by atoms with E-state index in [1.54, 1.807) is 30.3 Å². The van der Waals surface area contributed by atoms with Gasteiger partial charge in [-0.25, -0.2) is 0 Å². The molecule has 0 aliphatic carbocycles. The van der Waals surface area contributed by atoms with Gasteiger partial charge in [-0.05, 0) is 42.7 Å². The van der Waals surface area contributed by atoms with Crippen LogP contribution >= 0.6 is 11.6 Å². The van der Waals surface area contributed by atoms with Gasteiger partial charge in [-0.15, -0.1) is 0 Å². The third kappa shape index (κ3) is 4.96. The fourth-order valence-corrected chi connectivity index (χ4v) is 3.17. The van der Waals surface area contributed by atoms with Crippen LogP contribution in [-0.4, -0.2) is 35.8 Å². The number of hydrogen-bond acceptors (Lipinski definition) is 2. The van der Waals surface area contributed by atoms with Gasteiger partial charge in [-0.2, -0.15) is 0 Å². The predicted molar refractivity (Wildman–Crippen MR) is 104 cm³/mol. The molecule has 3 rings (SSSR count). The third-order valence-corrected chi connectivity index (χ3v) is 4.68. The van der Waals surface area contributed by atoms with Crippen LogP contribution in [0.2, 0.25) is 5.02 Å². The number of piperidine rings is 1. The first-order valence-corrected chi connectivity index (χ1v) is 9.08. The zero-order valence-corrected chi connectivity index (χ0v) is 15.2. The lowest BCUT2D eigenvalue weighted by atomic mass is 10.0. The maximum absolute atomic E-state index is 12.3. The van der Waals surface area contributed by atoms with Gasteiger partial charge in [-0.1, -0.05) is 48.0 Å². The van der Waals surface area contributed by atoms with Crippen LogP contribution in [-0.2, 0) is 4.79 Å². The second-order valence-electron chi connectivity index (χ2n) is 6.33. The number of carbonyl (C=O) groups is 2. The van der Waals surface area contributed by atoms with Gasteiger partial charge in [0.05, 0.1) is 0 Å². The van der Waals surface area contributed by atoms with Gasteiger partial charge in [0.25, 0.3) is 5.91 Å². The van der Waals surface area contributed by atoms with Gasteiger partial charge in [-0.3, -0.25) is 9.59 Å². The van der Waals surface area contributed by atoms with Crippen molar-refractivity contribution >= 4 is 29.5 Å². The van der Waals surface area contributed by atoms with Gasteiger partial charge in [0.2, 0.25) is 5.91 Å². The van der Waals surface area contributed by atoms with E-state index in [9.17, 15) is 9.59 Å². The molecule has 0 spiro atoms. The lowest BCUT2D eigenvalue weighted by Crippen LogP contribution is -2.46. The molecule has 26 heavy (non-hydrogen) atoms. The highest BCUT2D eigenvalue weighted by molar-refractivity contribution is 6.30. The van der Waals surface area contributed by atoms with E-state index in [-0.39, 0.29) is 17.9 Å². The lowest BCUT2D eigenvalue weighted by molar-refractivity contribution is -0.126. The first-order chi connectivity index (χ1) is 12.6. The first-order valence-electron chi connectivity index (χ1n) is 8.70. The molecule has 1 N–H and O–H groups in total. The molecule has 0 unspecified atom stereocenters. The van der Waals surface area contributed by atoms with Crippen molar-refractivity contribution in [1.82, 2.24) is 10.2 Å². The zero-order chi connectivity index (χ0) is 18.4. The number of likely N-dealkylation sites (tertiary alicyclic amines) is 1. The molecular formula is C21H21ClN2O2. The van der Waals surface area contributed by atoms with Crippen LogP contribution in [0.5, 0.6) is 0 Å². The molecule has 0 atom stereocenters.